The SMILES string of the molecule is COCCCSc1ccc(Cl)cc1CNC(C)(C)C. The van der Waals surface area contributed by atoms with Crippen LogP contribution in [-0.2, 0) is 11.3 Å². The van der Waals surface area contributed by atoms with Crippen molar-refractivity contribution in [2.24, 2.45) is 0 Å². The predicted molar refractivity (Wildman–Crippen MR) is 85.3 cm³/mol. The van der Waals surface area contributed by atoms with Crippen molar-refractivity contribution < 1.29 is 4.74 Å². The molecule has 0 saturated heterocycles. The van der Waals surface area contributed by atoms with Crippen molar-refractivity contribution in [3.8, 4) is 0 Å². The van der Waals surface area contributed by atoms with E-state index in [4.69, 9.17) is 16.3 Å². The summed E-state index contributed by atoms with van der Waals surface area (Å²) in [5.74, 6) is 1.07. The quantitative estimate of drug-likeness (QED) is 0.597. The molecule has 0 aliphatic carbocycles. The molecular formula is C15H24ClNOS. The zero-order valence-corrected chi connectivity index (χ0v) is 13.8. The van der Waals surface area contributed by atoms with Crippen molar-refractivity contribution >= 4 is 23.4 Å². The van der Waals surface area contributed by atoms with Gasteiger partial charge in [0.25, 0.3) is 0 Å². The van der Waals surface area contributed by atoms with Crippen LogP contribution < -0.4 is 5.32 Å². The third-order valence-corrected chi connectivity index (χ3v) is 4.02. The van der Waals surface area contributed by atoms with Crippen LogP contribution in [-0.4, -0.2) is 25.0 Å². The van der Waals surface area contributed by atoms with Gasteiger partial charge in [-0.2, -0.15) is 0 Å². The third-order valence-electron chi connectivity index (χ3n) is 2.58. The second-order valence-corrected chi connectivity index (χ2v) is 7.12. The molecule has 1 aromatic carbocycles. The first-order chi connectivity index (χ1) is 8.92. The first-order valence-electron chi connectivity index (χ1n) is 6.57. The highest BCUT2D eigenvalue weighted by Crippen LogP contribution is 2.26. The van der Waals surface area contributed by atoms with E-state index in [9.17, 15) is 0 Å². The smallest absolute Gasteiger partial charge is 0.0470 e. The van der Waals surface area contributed by atoms with Crippen molar-refractivity contribution in [1.82, 2.24) is 5.32 Å². The van der Waals surface area contributed by atoms with Crippen molar-refractivity contribution in [3.05, 3.63) is 28.8 Å². The Kier molecular flexibility index (Phi) is 7.22. The largest absolute Gasteiger partial charge is 0.385 e. The van der Waals surface area contributed by atoms with E-state index in [0.29, 0.717) is 0 Å². The molecule has 0 unspecified atom stereocenters. The van der Waals surface area contributed by atoms with Gasteiger partial charge in [-0.15, -0.1) is 11.8 Å². The van der Waals surface area contributed by atoms with E-state index in [2.05, 4.69) is 38.2 Å². The van der Waals surface area contributed by atoms with Gasteiger partial charge >= 0.3 is 0 Å². The molecule has 108 valence electrons. The van der Waals surface area contributed by atoms with Gasteiger partial charge in [-0.1, -0.05) is 11.6 Å². The summed E-state index contributed by atoms with van der Waals surface area (Å²) >= 11 is 7.96. The van der Waals surface area contributed by atoms with E-state index in [1.54, 1.807) is 7.11 Å². The van der Waals surface area contributed by atoms with Crippen LogP contribution in [0.4, 0.5) is 0 Å². The molecule has 0 amide bonds. The molecule has 0 heterocycles. The normalized spacial score (nSPS) is 11.8. The third kappa shape index (κ3) is 7.21. The molecule has 0 aliphatic heterocycles. The lowest BCUT2D eigenvalue weighted by atomic mass is 10.1. The number of thioether (sulfide) groups is 1. The summed E-state index contributed by atoms with van der Waals surface area (Å²) in [6, 6.07) is 6.12. The lowest BCUT2D eigenvalue weighted by Gasteiger charge is -2.21. The van der Waals surface area contributed by atoms with Crippen LogP contribution >= 0.6 is 23.4 Å². The Bertz CT molecular complexity index is 390. The number of benzene rings is 1. The van der Waals surface area contributed by atoms with E-state index in [0.717, 1.165) is 30.3 Å². The first kappa shape index (κ1) is 16.8. The summed E-state index contributed by atoms with van der Waals surface area (Å²) in [6.07, 6.45) is 1.07. The molecule has 0 radical (unpaired) electrons. The minimum Gasteiger partial charge on any atom is -0.385 e. The average molecular weight is 302 g/mol. The number of hydrogen-bond acceptors (Lipinski definition) is 3. The Balaban J connectivity index is 2.63. The monoisotopic (exact) mass is 301 g/mol. The molecular weight excluding hydrogens is 278 g/mol. The number of halogens is 1. The van der Waals surface area contributed by atoms with Crippen molar-refractivity contribution in [2.45, 2.75) is 44.2 Å². The van der Waals surface area contributed by atoms with Gasteiger partial charge in [-0.25, -0.2) is 0 Å². The van der Waals surface area contributed by atoms with Crippen LogP contribution in [0, 0.1) is 0 Å². The van der Waals surface area contributed by atoms with Gasteiger partial charge in [0.2, 0.25) is 0 Å². The maximum Gasteiger partial charge on any atom is 0.0470 e. The molecule has 0 aliphatic rings. The summed E-state index contributed by atoms with van der Waals surface area (Å²) < 4.78 is 5.07. The molecule has 1 rings (SSSR count). The Labute approximate surface area is 126 Å². The van der Waals surface area contributed by atoms with E-state index < -0.39 is 0 Å². The van der Waals surface area contributed by atoms with Gasteiger partial charge < -0.3 is 10.1 Å². The van der Waals surface area contributed by atoms with E-state index in [1.165, 1.54) is 10.5 Å². The number of ether oxygens (including phenoxy) is 1. The van der Waals surface area contributed by atoms with E-state index >= 15 is 0 Å². The fourth-order valence-corrected chi connectivity index (χ4v) is 2.73. The lowest BCUT2D eigenvalue weighted by molar-refractivity contribution is 0.200. The molecule has 2 nitrogen and oxygen atoms in total. The Morgan fingerprint density at radius 2 is 2.05 bits per heavy atom. The summed E-state index contributed by atoms with van der Waals surface area (Å²) in [4.78, 5) is 1.30. The molecule has 0 atom stereocenters. The maximum absolute atomic E-state index is 6.09. The Morgan fingerprint density at radius 1 is 1.32 bits per heavy atom. The molecule has 1 N–H and O–H groups in total. The van der Waals surface area contributed by atoms with Crippen LogP contribution in [0.3, 0.4) is 0 Å². The predicted octanol–water partition coefficient (Wildman–Crippen LogP) is 4.36. The molecule has 0 fully saturated rings. The van der Waals surface area contributed by atoms with Crippen molar-refractivity contribution in [1.29, 1.82) is 0 Å². The fourth-order valence-electron chi connectivity index (χ4n) is 1.57. The van der Waals surface area contributed by atoms with Crippen LogP contribution in [0.5, 0.6) is 0 Å². The number of rotatable bonds is 7. The highest BCUT2D eigenvalue weighted by Gasteiger charge is 2.11. The second kappa shape index (κ2) is 8.15. The zero-order chi connectivity index (χ0) is 14.3. The molecule has 19 heavy (non-hydrogen) atoms. The van der Waals surface area contributed by atoms with Crippen molar-refractivity contribution in [3.63, 3.8) is 0 Å². The Morgan fingerprint density at radius 3 is 2.68 bits per heavy atom. The second-order valence-electron chi connectivity index (χ2n) is 5.55. The minimum absolute atomic E-state index is 0.111. The highest BCUT2D eigenvalue weighted by molar-refractivity contribution is 7.99. The number of methoxy groups -OCH3 is 1. The van der Waals surface area contributed by atoms with E-state index in [1.807, 2.05) is 17.8 Å². The summed E-state index contributed by atoms with van der Waals surface area (Å²) in [6.45, 7) is 8.17. The molecule has 0 bridgehead atoms. The summed E-state index contributed by atoms with van der Waals surface area (Å²) in [5, 5.41) is 4.31. The van der Waals surface area contributed by atoms with Gasteiger partial charge in [-0.3, -0.25) is 0 Å². The van der Waals surface area contributed by atoms with E-state index in [-0.39, 0.29) is 5.54 Å². The zero-order valence-electron chi connectivity index (χ0n) is 12.3. The molecule has 0 saturated carbocycles. The summed E-state index contributed by atoms with van der Waals surface area (Å²) in [5.41, 5.74) is 1.38. The standard InChI is InChI=1S/C15H24ClNOS/c1-15(2,3)17-11-12-10-13(16)6-7-14(12)19-9-5-8-18-4/h6-7,10,17H,5,8-9,11H2,1-4H3. The van der Waals surface area contributed by atoms with Crippen LogP contribution in [0.25, 0.3) is 0 Å². The molecule has 1 aromatic rings. The van der Waals surface area contributed by atoms with Gasteiger partial charge in [0, 0.05) is 41.5 Å². The van der Waals surface area contributed by atoms with Gasteiger partial charge in [0.05, 0.1) is 0 Å². The molecule has 0 spiro atoms. The topological polar surface area (TPSA) is 21.3 Å². The van der Waals surface area contributed by atoms with Gasteiger partial charge in [0.1, 0.15) is 0 Å². The van der Waals surface area contributed by atoms with Crippen LogP contribution in [0.1, 0.15) is 32.8 Å². The molecule has 0 aromatic heterocycles. The number of nitrogens with one attached hydrogen (secondary N) is 1. The minimum atomic E-state index is 0.111. The average Bonchev–Trinajstić information content (AvgIpc) is 2.33. The highest BCUT2D eigenvalue weighted by atomic mass is 35.5. The first-order valence-corrected chi connectivity index (χ1v) is 7.94. The fraction of sp³-hybridized carbons (Fsp3) is 0.600. The van der Waals surface area contributed by atoms with Crippen molar-refractivity contribution in [2.75, 3.05) is 19.5 Å². The maximum atomic E-state index is 6.09. The Hall–Kier alpha value is -0.220. The van der Waals surface area contributed by atoms with Gasteiger partial charge in [-0.05, 0) is 51.0 Å². The van der Waals surface area contributed by atoms with Crippen LogP contribution in [0.15, 0.2) is 23.1 Å². The summed E-state index contributed by atoms with van der Waals surface area (Å²) in [7, 11) is 1.74. The molecule has 4 heteroatoms. The van der Waals surface area contributed by atoms with Crippen LogP contribution in [0.2, 0.25) is 5.02 Å². The van der Waals surface area contributed by atoms with Gasteiger partial charge in [0.15, 0.2) is 0 Å². The number of hydrogen-bond donors (Lipinski definition) is 1. The lowest BCUT2D eigenvalue weighted by Crippen LogP contribution is -2.35.